The number of carbonyl (C=O) groups is 1. The van der Waals surface area contributed by atoms with Crippen LogP contribution in [0, 0.1) is 16.0 Å². The van der Waals surface area contributed by atoms with Gasteiger partial charge in [-0.15, -0.1) is 0 Å². The highest BCUT2D eigenvalue weighted by Crippen LogP contribution is 2.31. The van der Waals surface area contributed by atoms with E-state index in [9.17, 15) is 28.8 Å². The molecular formula is C20H23F2N3O5. The van der Waals surface area contributed by atoms with E-state index in [1.165, 1.54) is 4.90 Å². The van der Waals surface area contributed by atoms with E-state index in [4.69, 9.17) is 0 Å². The van der Waals surface area contributed by atoms with Crippen LogP contribution in [0.15, 0.2) is 48.5 Å². The van der Waals surface area contributed by atoms with Crippen molar-refractivity contribution in [2.45, 2.75) is 33.0 Å². The molecule has 1 atom stereocenters. The lowest BCUT2D eigenvalue weighted by Crippen LogP contribution is -2.47. The molecule has 2 rings (SSSR count). The van der Waals surface area contributed by atoms with Crippen LogP contribution in [0.25, 0.3) is 0 Å². The first-order valence-electron chi connectivity index (χ1n) is 9.18. The van der Waals surface area contributed by atoms with Gasteiger partial charge in [-0.25, -0.2) is 4.79 Å². The van der Waals surface area contributed by atoms with Crippen LogP contribution in [0.1, 0.15) is 19.4 Å². The number of nitro groups is 1. The first-order valence-corrected chi connectivity index (χ1v) is 9.18. The number of nitrogens with one attached hydrogen (secondary N) is 1. The van der Waals surface area contributed by atoms with Crippen molar-refractivity contribution in [2.24, 2.45) is 5.92 Å². The number of carbonyl (C=O) groups excluding carboxylic acids is 1. The zero-order valence-electron chi connectivity index (χ0n) is 16.5. The van der Waals surface area contributed by atoms with Crippen LogP contribution in [-0.2, 0) is 6.54 Å². The average molecular weight is 423 g/mol. The zero-order chi connectivity index (χ0) is 22.3. The zero-order valence-corrected chi connectivity index (χ0v) is 16.5. The van der Waals surface area contributed by atoms with Gasteiger partial charge in [0, 0.05) is 18.7 Å². The Kier molecular flexibility index (Phi) is 8.05. The average Bonchev–Trinajstić information content (AvgIpc) is 2.69. The molecular weight excluding hydrogens is 400 g/mol. The maximum atomic E-state index is 13.0. The molecule has 2 aromatic rings. The molecule has 0 spiro atoms. The Balaban J connectivity index is 2.37. The molecule has 0 aliphatic carbocycles. The summed E-state index contributed by atoms with van der Waals surface area (Å²) in [5.74, 6) is -0.528. The van der Waals surface area contributed by atoms with Crippen LogP contribution in [0.3, 0.4) is 0 Å². The predicted octanol–water partition coefficient (Wildman–Crippen LogP) is 4.25. The number of anilines is 1. The number of non-ortho nitro benzene ring substituents is 1. The van der Waals surface area contributed by atoms with Gasteiger partial charge in [-0.3, -0.25) is 10.1 Å². The minimum absolute atomic E-state index is 0.119. The van der Waals surface area contributed by atoms with E-state index < -0.39 is 35.0 Å². The third-order valence-corrected chi connectivity index (χ3v) is 4.45. The molecule has 0 aliphatic rings. The lowest BCUT2D eigenvalue weighted by atomic mass is 10.0. The second kappa shape index (κ2) is 10.5. The third kappa shape index (κ3) is 6.11. The molecule has 2 N–H and O–H groups in total. The van der Waals surface area contributed by atoms with Gasteiger partial charge in [0.05, 0.1) is 23.3 Å². The van der Waals surface area contributed by atoms with Gasteiger partial charge in [0.15, 0.2) is 0 Å². The highest BCUT2D eigenvalue weighted by atomic mass is 19.3. The topological polar surface area (TPSA) is 105 Å². The first kappa shape index (κ1) is 23.0. The molecule has 8 nitrogen and oxygen atoms in total. The lowest BCUT2D eigenvalue weighted by molar-refractivity contribution is -0.384. The fourth-order valence-corrected chi connectivity index (χ4v) is 2.90. The molecule has 0 aliphatic heterocycles. The van der Waals surface area contributed by atoms with Crippen molar-refractivity contribution in [3.8, 4) is 5.75 Å². The molecule has 0 radical (unpaired) electrons. The van der Waals surface area contributed by atoms with Crippen LogP contribution < -0.4 is 10.1 Å². The highest BCUT2D eigenvalue weighted by molar-refractivity contribution is 5.91. The maximum absolute atomic E-state index is 13.0. The Morgan fingerprint density at radius 3 is 2.43 bits per heavy atom. The van der Waals surface area contributed by atoms with E-state index in [-0.39, 0.29) is 24.8 Å². The number of alkyl halides is 2. The van der Waals surface area contributed by atoms with Gasteiger partial charge in [0.25, 0.3) is 5.69 Å². The summed E-state index contributed by atoms with van der Waals surface area (Å²) in [6.45, 7) is 0.280. The molecule has 10 heteroatoms. The molecule has 1 unspecified atom stereocenters. The number of nitro benzene ring substituents is 1. The van der Waals surface area contributed by atoms with Crippen LogP contribution in [0.5, 0.6) is 5.75 Å². The third-order valence-electron chi connectivity index (χ3n) is 4.45. The SMILES string of the molecule is CC(C)C(CO)N(Cc1ccccc1)C(=O)Nc1cc([N+](=O)[O-])ccc1OC(F)F. The van der Waals surface area contributed by atoms with Gasteiger partial charge in [0.2, 0.25) is 0 Å². The Morgan fingerprint density at radius 1 is 1.23 bits per heavy atom. The second-order valence-electron chi connectivity index (χ2n) is 6.85. The quantitative estimate of drug-likeness (QED) is 0.463. The normalized spacial score (nSPS) is 12.0. The number of benzene rings is 2. The number of hydrogen-bond donors (Lipinski definition) is 2. The number of aliphatic hydroxyl groups excluding tert-OH is 1. The largest absolute Gasteiger partial charge is 0.433 e. The smallest absolute Gasteiger partial charge is 0.387 e. The summed E-state index contributed by atoms with van der Waals surface area (Å²) >= 11 is 0. The summed E-state index contributed by atoms with van der Waals surface area (Å²) in [7, 11) is 0. The number of urea groups is 1. The van der Waals surface area contributed by atoms with E-state index in [2.05, 4.69) is 10.1 Å². The Morgan fingerprint density at radius 2 is 1.90 bits per heavy atom. The molecule has 0 saturated carbocycles. The number of halogens is 2. The molecule has 0 saturated heterocycles. The van der Waals surface area contributed by atoms with Crippen molar-refractivity contribution in [3.05, 3.63) is 64.2 Å². The van der Waals surface area contributed by atoms with E-state index in [1.54, 1.807) is 24.3 Å². The van der Waals surface area contributed by atoms with E-state index in [1.807, 2.05) is 19.9 Å². The van der Waals surface area contributed by atoms with Gasteiger partial charge < -0.3 is 20.1 Å². The standard InChI is InChI=1S/C20H23F2N3O5/c1-13(2)17(12-26)24(11-14-6-4-3-5-7-14)20(27)23-16-10-15(25(28)29)8-9-18(16)30-19(21)22/h3-10,13,17,19,26H,11-12H2,1-2H3,(H,23,27). The molecule has 162 valence electrons. The van der Waals surface area contributed by atoms with Gasteiger partial charge in [0.1, 0.15) is 5.75 Å². The first-order chi connectivity index (χ1) is 14.2. The van der Waals surface area contributed by atoms with E-state index in [0.29, 0.717) is 0 Å². The van der Waals surface area contributed by atoms with Crippen LogP contribution in [-0.4, -0.2) is 40.2 Å². The Labute approximate surface area is 172 Å². The number of hydrogen-bond acceptors (Lipinski definition) is 5. The van der Waals surface area contributed by atoms with Gasteiger partial charge in [-0.05, 0) is 17.5 Å². The summed E-state index contributed by atoms with van der Waals surface area (Å²) in [6, 6.07) is 10.6. The molecule has 0 bridgehead atoms. The number of rotatable bonds is 9. The van der Waals surface area contributed by atoms with Crippen LogP contribution >= 0.6 is 0 Å². The minimum atomic E-state index is -3.18. The van der Waals surface area contributed by atoms with E-state index in [0.717, 1.165) is 23.8 Å². The van der Waals surface area contributed by atoms with Gasteiger partial charge in [-0.2, -0.15) is 8.78 Å². The van der Waals surface area contributed by atoms with Crippen LogP contribution in [0.4, 0.5) is 25.0 Å². The number of amides is 2. The summed E-state index contributed by atoms with van der Waals surface area (Å²) < 4.78 is 29.8. The van der Waals surface area contributed by atoms with Crippen LogP contribution in [0.2, 0.25) is 0 Å². The van der Waals surface area contributed by atoms with Crippen molar-refractivity contribution in [1.29, 1.82) is 0 Å². The monoisotopic (exact) mass is 423 g/mol. The lowest BCUT2D eigenvalue weighted by Gasteiger charge is -2.33. The van der Waals surface area contributed by atoms with Crippen molar-refractivity contribution >= 4 is 17.4 Å². The number of aliphatic hydroxyl groups is 1. The summed E-state index contributed by atoms with van der Waals surface area (Å²) in [5, 5.41) is 23.3. The summed E-state index contributed by atoms with van der Waals surface area (Å²) in [6.07, 6.45) is 0. The number of nitrogens with zero attached hydrogens (tertiary/aromatic N) is 2. The maximum Gasteiger partial charge on any atom is 0.387 e. The van der Waals surface area contributed by atoms with Gasteiger partial charge in [-0.1, -0.05) is 44.2 Å². The highest BCUT2D eigenvalue weighted by Gasteiger charge is 2.27. The predicted molar refractivity (Wildman–Crippen MR) is 106 cm³/mol. The minimum Gasteiger partial charge on any atom is -0.433 e. The van der Waals surface area contributed by atoms with Crippen molar-refractivity contribution in [1.82, 2.24) is 4.90 Å². The molecule has 0 aromatic heterocycles. The molecule has 2 aromatic carbocycles. The Bertz CT molecular complexity index is 865. The second-order valence-corrected chi connectivity index (χ2v) is 6.85. The molecule has 0 fully saturated rings. The summed E-state index contributed by atoms with van der Waals surface area (Å²) in [5.41, 5.74) is 0.118. The molecule has 30 heavy (non-hydrogen) atoms. The fourth-order valence-electron chi connectivity index (χ4n) is 2.90. The van der Waals surface area contributed by atoms with Gasteiger partial charge >= 0.3 is 12.6 Å². The molecule has 0 heterocycles. The van der Waals surface area contributed by atoms with Crippen molar-refractivity contribution < 1.29 is 28.3 Å². The Hall–Kier alpha value is -3.27. The number of ether oxygens (including phenoxy) is 1. The van der Waals surface area contributed by atoms with Crippen molar-refractivity contribution in [3.63, 3.8) is 0 Å². The van der Waals surface area contributed by atoms with E-state index >= 15 is 0 Å². The fraction of sp³-hybridized carbons (Fsp3) is 0.350. The molecule has 2 amide bonds. The van der Waals surface area contributed by atoms with Crippen molar-refractivity contribution in [2.75, 3.05) is 11.9 Å². The summed E-state index contributed by atoms with van der Waals surface area (Å²) in [4.78, 5) is 24.7.